The number of hydrogen-bond donors (Lipinski definition) is 0. The molecule has 0 saturated carbocycles. The van der Waals surface area contributed by atoms with Gasteiger partial charge in [0.05, 0.1) is 11.7 Å². The summed E-state index contributed by atoms with van der Waals surface area (Å²) in [6.45, 7) is 9.29. The van der Waals surface area contributed by atoms with Crippen molar-refractivity contribution < 1.29 is 4.42 Å². The minimum atomic E-state index is 0.105. The number of anilines is 1. The van der Waals surface area contributed by atoms with E-state index in [1.165, 1.54) is 50.3 Å². The van der Waals surface area contributed by atoms with Crippen molar-refractivity contribution in [1.82, 2.24) is 0 Å². The molecule has 9 rings (SSSR count). The first-order chi connectivity index (χ1) is 26.0. The second-order valence-electron chi connectivity index (χ2n) is 14.8. The van der Waals surface area contributed by atoms with Crippen LogP contribution in [0.25, 0.3) is 50.6 Å². The van der Waals surface area contributed by atoms with Crippen LogP contribution < -0.4 is 15.5 Å². The van der Waals surface area contributed by atoms with Gasteiger partial charge in [-0.05, 0) is 99.5 Å². The summed E-state index contributed by atoms with van der Waals surface area (Å²) in [6.07, 6.45) is 29.1. The Kier molecular flexibility index (Phi) is 8.68. The van der Waals surface area contributed by atoms with E-state index in [1.54, 1.807) is 0 Å². The van der Waals surface area contributed by atoms with Gasteiger partial charge in [-0.1, -0.05) is 154 Å². The highest BCUT2D eigenvalue weighted by molar-refractivity contribution is 5.89. The molecule has 0 fully saturated rings. The Hall–Kier alpha value is -5.86. The maximum atomic E-state index is 6.63. The van der Waals surface area contributed by atoms with Crippen LogP contribution in [0.15, 0.2) is 163 Å². The molecule has 1 aliphatic heterocycles. The molecule has 0 spiro atoms. The molecule has 3 unspecified atom stereocenters. The minimum Gasteiger partial charge on any atom is -0.454 e. The smallest absolute Gasteiger partial charge is 0.155 e. The highest BCUT2D eigenvalue weighted by Crippen LogP contribution is 2.45. The van der Waals surface area contributed by atoms with E-state index in [0.717, 1.165) is 58.4 Å². The minimum absolute atomic E-state index is 0.105. The Morgan fingerprint density at radius 1 is 0.811 bits per heavy atom. The molecule has 0 bridgehead atoms. The molecular weight excluding hydrogens is 643 g/mol. The van der Waals surface area contributed by atoms with E-state index in [2.05, 4.69) is 177 Å². The van der Waals surface area contributed by atoms with Crippen LogP contribution in [0.3, 0.4) is 0 Å². The van der Waals surface area contributed by atoms with E-state index >= 15 is 0 Å². The molecule has 4 aliphatic rings. The van der Waals surface area contributed by atoms with Gasteiger partial charge in [0.25, 0.3) is 0 Å². The number of para-hydroxylation sites is 2. The summed E-state index contributed by atoms with van der Waals surface area (Å²) in [6, 6.07) is 33.2. The van der Waals surface area contributed by atoms with Crippen LogP contribution in [-0.2, 0) is 0 Å². The Balaban J connectivity index is 1.07. The molecule has 2 heteroatoms. The average Bonchev–Trinajstić information content (AvgIpc) is 3.63. The van der Waals surface area contributed by atoms with Gasteiger partial charge in [-0.15, -0.1) is 0 Å². The van der Waals surface area contributed by atoms with Gasteiger partial charge in [-0.25, -0.2) is 0 Å². The Morgan fingerprint density at radius 2 is 1.66 bits per heavy atom. The van der Waals surface area contributed by atoms with Gasteiger partial charge in [0.2, 0.25) is 0 Å². The van der Waals surface area contributed by atoms with Crippen molar-refractivity contribution in [2.24, 2.45) is 5.92 Å². The predicted molar refractivity (Wildman–Crippen MR) is 226 cm³/mol. The predicted octanol–water partition coefficient (Wildman–Crippen LogP) is 11.9. The lowest BCUT2D eigenvalue weighted by molar-refractivity contribution is 0.565. The Morgan fingerprint density at radius 3 is 2.55 bits per heavy atom. The highest BCUT2D eigenvalue weighted by Gasteiger charge is 2.36. The van der Waals surface area contributed by atoms with Crippen molar-refractivity contribution in [3.63, 3.8) is 0 Å². The van der Waals surface area contributed by atoms with Crippen molar-refractivity contribution in [3.05, 3.63) is 191 Å². The molecule has 2 nitrogen and oxygen atoms in total. The molecular formula is C51H45NO. The number of benzene rings is 4. The molecule has 260 valence electrons. The van der Waals surface area contributed by atoms with Crippen molar-refractivity contribution in [1.29, 1.82) is 0 Å². The van der Waals surface area contributed by atoms with E-state index in [0.29, 0.717) is 5.92 Å². The molecule has 1 aromatic heterocycles. The number of allylic oxidation sites excluding steroid dienone is 11. The van der Waals surface area contributed by atoms with E-state index in [1.807, 2.05) is 6.07 Å². The maximum absolute atomic E-state index is 6.63. The van der Waals surface area contributed by atoms with Gasteiger partial charge in [-0.3, -0.25) is 0 Å². The first kappa shape index (κ1) is 33.0. The van der Waals surface area contributed by atoms with Crippen molar-refractivity contribution in [3.8, 4) is 11.1 Å². The molecule has 0 saturated heterocycles. The van der Waals surface area contributed by atoms with Crippen LogP contribution in [0, 0.1) is 5.92 Å². The second-order valence-corrected chi connectivity index (χ2v) is 14.8. The van der Waals surface area contributed by atoms with Crippen LogP contribution in [-0.4, -0.2) is 6.04 Å². The Bertz CT molecular complexity index is 2580. The van der Waals surface area contributed by atoms with Gasteiger partial charge in [0, 0.05) is 28.6 Å². The van der Waals surface area contributed by atoms with Gasteiger partial charge in [0.15, 0.2) is 5.42 Å². The van der Waals surface area contributed by atoms with Gasteiger partial charge < -0.3 is 9.32 Å². The summed E-state index contributed by atoms with van der Waals surface area (Å²) < 4.78 is 6.63. The lowest BCUT2D eigenvalue weighted by Crippen LogP contribution is -2.36. The quantitative estimate of drug-likeness (QED) is 0.158. The van der Waals surface area contributed by atoms with E-state index in [-0.39, 0.29) is 12.0 Å². The van der Waals surface area contributed by atoms with Crippen LogP contribution in [0.2, 0.25) is 0 Å². The van der Waals surface area contributed by atoms with Crippen LogP contribution in [0.4, 0.5) is 5.69 Å². The zero-order valence-electron chi connectivity index (χ0n) is 30.6. The van der Waals surface area contributed by atoms with Crippen molar-refractivity contribution >= 4 is 45.1 Å². The zero-order valence-corrected chi connectivity index (χ0v) is 30.6. The van der Waals surface area contributed by atoms with Crippen molar-refractivity contribution in [2.45, 2.75) is 51.5 Å². The lowest BCUT2D eigenvalue weighted by Gasteiger charge is -2.29. The fraction of sp³-hybridized carbons (Fsp3) is 0.176. The third-order valence-corrected chi connectivity index (χ3v) is 11.5. The molecule has 3 atom stereocenters. The zero-order chi connectivity index (χ0) is 35.9. The molecule has 2 heterocycles. The summed E-state index contributed by atoms with van der Waals surface area (Å²) in [7, 11) is 0. The normalized spacial score (nSPS) is 20.6. The topological polar surface area (TPSA) is 16.4 Å². The monoisotopic (exact) mass is 687 g/mol. The molecule has 3 aliphatic carbocycles. The van der Waals surface area contributed by atoms with Crippen LogP contribution in [0.1, 0.15) is 67.7 Å². The molecule has 0 amide bonds. The summed E-state index contributed by atoms with van der Waals surface area (Å²) in [5.74, 6) is 0.787. The number of furan rings is 1. The van der Waals surface area contributed by atoms with E-state index in [4.69, 9.17) is 4.42 Å². The van der Waals surface area contributed by atoms with Crippen LogP contribution >= 0.6 is 0 Å². The first-order valence-electron chi connectivity index (χ1n) is 19.2. The third-order valence-electron chi connectivity index (χ3n) is 11.5. The number of fused-ring (bicyclic) bond motifs is 4. The molecule has 53 heavy (non-hydrogen) atoms. The molecule has 5 aromatic rings. The molecule has 4 aromatic carbocycles. The number of rotatable bonds is 7. The summed E-state index contributed by atoms with van der Waals surface area (Å²) >= 11 is 0. The summed E-state index contributed by atoms with van der Waals surface area (Å²) in [4.78, 5) is 2.51. The molecule has 0 radical (unpaired) electrons. The Labute approximate surface area is 313 Å². The standard InChI is InChI=1S/C51H45NO/c1-34(38-19-15-20-39(32-38)40-29-30-43(41-21-8-7-16-35(41)2)46(33-40)37-17-5-4-6-18-37)28-31-47-36(3)42-22-9-12-25-48(42)52(47)49-26-13-10-24-45-44-23-11-14-27-50(44)53-51(45)49/h5,7-15,17-25,27-33,35-36,47H,1,4,6,16,26H2,2-3H3/b31-28-. The third kappa shape index (κ3) is 6.03. The molecule has 0 N–H and O–H groups in total. The van der Waals surface area contributed by atoms with Gasteiger partial charge in [-0.2, -0.15) is 0 Å². The average molecular weight is 688 g/mol. The van der Waals surface area contributed by atoms with Gasteiger partial charge >= 0.3 is 0 Å². The SMILES string of the molecule is C=C(/C=C\C1C(C)c2ccccc2N1C1=c2oc3ccccc3c2=CC=CC1)c1cccc(-c2ccc(C3=CC=CCC3C)c(C3=CCCC=C3)c2)c1. The fourth-order valence-corrected chi connectivity index (χ4v) is 8.67. The lowest BCUT2D eigenvalue weighted by atomic mass is 9.82. The van der Waals surface area contributed by atoms with E-state index < -0.39 is 0 Å². The van der Waals surface area contributed by atoms with Crippen molar-refractivity contribution in [2.75, 3.05) is 4.90 Å². The summed E-state index contributed by atoms with van der Waals surface area (Å²) in [5, 5.41) is 2.30. The maximum Gasteiger partial charge on any atom is 0.155 e. The fourth-order valence-electron chi connectivity index (χ4n) is 8.67. The van der Waals surface area contributed by atoms with Crippen LogP contribution in [0.5, 0.6) is 0 Å². The summed E-state index contributed by atoms with van der Waals surface area (Å²) in [5.41, 5.74) is 15.6. The highest BCUT2D eigenvalue weighted by atomic mass is 16.3. The number of nitrogens with zero attached hydrogens (tertiary/aromatic N) is 1. The second kappa shape index (κ2) is 13.9. The number of hydrogen-bond acceptors (Lipinski definition) is 2. The van der Waals surface area contributed by atoms with Gasteiger partial charge in [0.1, 0.15) is 5.58 Å². The van der Waals surface area contributed by atoms with E-state index in [9.17, 15) is 0 Å². The largest absolute Gasteiger partial charge is 0.454 e. The first-order valence-corrected chi connectivity index (χ1v) is 19.2.